The zero-order chi connectivity index (χ0) is 20.9. The van der Waals surface area contributed by atoms with Gasteiger partial charge >= 0.3 is 5.97 Å². The van der Waals surface area contributed by atoms with Crippen LogP contribution < -0.4 is 0 Å². The molecule has 1 heterocycles. The molecule has 2 aliphatic rings. The van der Waals surface area contributed by atoms with E-state index in [2.05, 4.69) is 0 Å². The monoisotopic (exact) mass is 400 g/mol. The summed E-state index contributed by atoms with van der Waals surface area (Å²) in [6.45, 7) is 5.41. The lowest BCUT2D eigenvalue weighted by atomic mass is 9.85. The number of halogens is 2. The lowest BCUT2D eigenvalue weighted by molar-refractivity contribution is -0.137. The molecule has 160 valence electrons. The van der Waals surface area contributed by atoms with Crippen LogP contribution in [0.1, 0.15) is 65.7 Å². The zero-order valence-electron chi connectivity index (χ0n) is 17.1. The molecule has 1 saturated heterocycles. The van der Waals surface area contributed by atoms with Crippen molar-refractivity contribution in [1.29, 1.82) is 0 Å². The quantitative estimate of drug-likeness (QED) is 0.401. The second-order valence-electron chi connectivity index (χ2n) is 8.53. The van der Waals surface area contributed by atoms with Gasteiger partial charge < -0.3 is 14.9 Å². The Bertz CT molecular complexity index is 587. The minimum Gasteiger partial charge on any atom is -0.492 e. The van der Waals surface area contributed by atoms with Gasteiger partial charge in [-0.2, -0.15) is 0 Å². The SMILES string of the molecule is CCCCC(C)(F)[C@H](O)C=C[C@@H]1[C@H]2C(F)C(=CCCCC(=O)O)O[C@H]2C[C@H]1C. The highest BCUT2D eigenvalue weighted by molar-refractivity contribution is 5.66. The number of allylic oxidation sites excluding steroid dienone is 3. The fourth-order valence-electron chi connectivity index (χ4n) is 4.33. The molecule has 0 aromatic heterocycles. The predicted molar refractivity (Wildman–Crippen MR) is 104 cm³/mol. The number of rotatable bonds is 10. The van der Waals surface area contributed by atoms with Crippen LogP contribution in [0.2, 0.25) is 0 Å². The minimum absolute atomic E-state index is 0.0495. The smallest absolute Gasteiger partial charge is 0.303 e. The average molecular weight is 401 g/mol. The van der Waals surface area contributed by atoms with Crippen molar-refractivity contribution in [1.82, 2.24) is 0 Å². The lowest BCUT2D eigenvalue weighted by Gasteiger charge is -2.25. The van der Waals surface area contributed by atoms with Gasteiger partial charge in [-0.25, -0.2) is 8.78 Å². The minimum atomic E-state index is -1.69. The normalized spacial score (nSPS) is 34.4. The molecule has 2 fully saturated rings. The molecule has 1 aliphatic heterocycles. The Hall–Kier alpha value is -1.43. The molecule has 2 N–H and O–H groups in total. The molecule has 2 rings (SSSR count). The summed E-state index contributed by atoms with van der Waals surface area (Å²) in [5, 5.41) is 18.9. The van der Waals surface area contributed by atoms with E-state index in [0.717, 1.165) is 6.42 Å². The number of aliphatic hydroxyl groups is 1. The van der Waals surface area contributed by atoms with E-state index in [0.29, 0.717) is 37.9 Å². The summed E-state index contributed by atoms with van der Waals surface area (Å²) in [5.74, 6) is -0.848. The van der Waals surface area contributed by atoms with Crippen LogP contribution in [0.25, 0.3) is 0 Å². The maximum Gasteiger partial charge on any atom is 0.303 e. The van der Waals surface area contributed by atoms with Crippen LogP contribution in [0.3, 0.4) is 0 Å². The molecular formula is C22H34F2O4. The van der Waals surface area contributed by atoms with Gasteiger partial charge in [-0.15, -0.1) is 0 Å². The van der Waals surface area contributed by atoms with Gasteiger partial charge in [0.25, 0.3) is 0 Å². The van der Waals surface area contributed by atoms with E-state index in [1.54, 1.807) is 12.2 Å². The van der Waals surface area contributed by atoms with Crippen LogP contribution in [0, 0.1) is 17.8 Å². The van der Waals surface area contributed by atoms with E-state index in [-0.39, 0.29) is 30.3 Å². The second-order valence-corrected chi connectivity index (χ2v) is 8.53. The average Bonchev–Trinajstić information content (AvgIpc) is 3.09. The Morgan fingerprint density at radius 2 is 2.14 bits per heavy atom. The molecule has 1 saturated carbocycles. The molecule has 6 heteroatoms. The van der Waals surface area contributed by atoms with Crippen molar-refractivity contribution in [3.8, 4) is 0 Å². The fraction of sp³-hybridized carbons (Fsp3) is 0.773. The molecular weight excluding hydrogens is 366 g/mol. The standard InChI is InChI=1S/C22H34F2O4/c1-4-5-12-22(3,24)18(25)11-10-15-14(2)13-17-20(15)21(23)16(28-17)8-6-7-9-19(26)27/h8,10-11,14-15,17-18,20-21,25H,4-7,9,12-13H2,1-3H3,(H,26,27)/t14-,15+,17+,18-,20-,21?,22?/m1/s1. The summed E-state index contributed by atoms with van der Waals surface area (Å²) in [7, 11) is 0. The maximum absolute atomic E-state index is 15.0. The summed E-state index contributed by atoms with van der Waals surface area (Å²) in [6, 6.07) is 0. The van der Waals surface area contributed by atoms with Gasteiger partial charge in [-0.3, -0.25) is 4.79 Å². The Balaban J connectivity index is 2.00. The summed E-state index contributed by atoms with van der Waals surface area (Å²) < 4.78 is 35.4. The van der Waals surface area contributed by atoms with Crippen molar-refractivity contribution in [2.24, 2.45) is 17.8 Å². The number of fused-ring (bicyclic) bond motifs is 1. The molecule has 0 radical (unpaired) electrons. The van der Waals surface area contributed by atoms with Crippen LogP contribution in [0.5, 0.6) is 0 Å². The highest BCUT2D eigenvalue weighted by atomic mass is 19.1. The molecule has 0 aromatic carbocycles. The van der Waals surface area contributed by atoms with Gasteiger partial charge in [0, 0.05) is 12.3 Å². The van der Waals surface area contributed by atoms with Crippen molar-refractivity contribution in [2.45, 2.75) is 89.8 Å². The number of carbonyl (C=O) groups is 1. The number of aliphatic carboxylic acids is 1. The third-order valence-corrected chi connectivity index (χ3v) is 6.12. The third kappa shape index (κ3) is 5.56. The van der Waals surface area contributed by atoms with E-state index < -0.39 is 23.9 Å². The Labute approximate surface area is 166 Å². The number of aliphatic hydroxyl groups excluding tert-OH is 1. The highest BCUT2D eigenvalue weighted by Crippen LogP contribution is 2.49. The third-order valence-electron chi connectivity index (χ3n) is 6.12. The van der Waals surface area contributed by atoms with E-state index in [9.17, 15) is 18.7 Å². The molecule has 0 spiro atoms. The van der Waals surface area contributed by atoms with E-state index in [1.165, 1.54) is 13.0 Å². The van der Waals surface area contributed by atoms with Crippen LogP contribution in [0.15, 0.2) is 24.0 Å². The zero-order valence-corrected chi connectivity index (χ0v) is 17.1. The van der Waals surface area contributed by atoms with Gasteiger partial charge in [-0.05, 0) is 50.5 Å². The predicted octanol–water partition coefficient (Wildman–Crippen LogP) is 4.97. The molecule has 2 unspecified atom stereocenters. The first-order chi connectivity index (χ1) is 13.2. The Kier molecular flexibility index (Phi) is 8.05. The molecule has 28 heavy (non-hydrogen) atoms. The summed E-state index contributed by atoms with van der Waals surface area (Å²) in [6.07, 6.45) is 5.78. The maximum atomic E-state index is 15.0. The first-order valence-electron chi connectivity index (χ1n) is 10.4. The number of unbranched alkanes of at least 4 members (excludes halogenated alkanes) is 2. The van der Waals surface area contributed by atoms with Gasteiger partial charge in [0.05, 0.1) is 0 Å². The number of carboxylic acids is 1. The van der Waals surface area contributed by atoms with Crippen LogP contribution in [-0.2, 0) is 9.53 Å². The van der Waals surface area contributed by atoms with Gasteiger partial charge in [-0.1, -0.05) is 38.8 Å². The van der Waals surface area contributed by atoms with Gasteiger partial charge in [0.1, 0.15) is 23.6 Å². The molecule has 0 amide bonds. The van der Waals surface area contributed by atoms with Crippen molar-refractivity contribution in [3.63, 3.8) is 0 Å². The first-order valence-corrected chi connectivity index (χ1v) is 10.4. The van der Waals surface area contributed by atoms with E-state index in [4.69, 9.17) is 9.84 Å². The number of hydrogen-bond acceptors (Lipinski definition) is 3. The fourth-order valence-corrected chi connectivity index (χ4v) is 4.33. The van der Waals surface area contributed by atoms with Gasteiger partial charge in [0.2, 0.25) is 0 Å². The van der Waals surface area contributed by atoms with E-state index in [1.807, 2.05) is 13.8 Å². The largest absolute Gasteiger partial charge is 0.492 e. The summed E-state index contributed by atoms with van der Waals surface area (Å²) in [4.78, 5) is 10.6. The topological polar surface area (TPSA) is 66.8 Å². The van der Waals surface area contributed by atoms with Crippen molar-refractivity contribution in [2.75, 3.05) is 0 Å². The van der Waals surface area contributed by atoms with Crippen molar-refractivity contribution >= 4 is 5.97 Å². The van der Waals surface area contributed by atoms with Gasteiger partial charge in [0.15, 0.2) is 6.17 Å². The summed E-state index contributed by atoms with van der Waals surface area (Å²) in [5.41, 5.74) is -1.69. The summed E-state index contributed by atoms with van der Waals surface area (Å²) >= 11 is 0. The second kappa shape index (κ2) is 9.86. The number of carboxylic acid groups (broad SMARTS) is 1. The first kappa shape index (κ1) is 22.9. The van der Waals surface area contributed by atoms with Crippen LogP contribution in [0.4, 0.5) is 8.78 Å². The van der Waals surface area contributed by atoms with Crippen LogP contribution in [-0.4, -0.2) is 40.2 Å². The van der Waals surface area contributed by atoms with Crippen molar-refractivity contribution < 1.29 is 28.5 Å². The molecule has 7 atom stereocenters. The lowest BCUT2D eigenvalue weighted by Crippen LogP contribution is -2.33. The number of alkyl halides is 2. The Morgan fingerprint density at radius 3 is 2.79 bits per heavy atom. The van der Waals surface area contributed by atoms with Crippen molar-refractivity contribution in [3.05, 3.63) is 24.0 Å². The highest BCUT2D eigenvalue weighted by Gasteiger charge is 2.52. The number of ether oxygens (including phenoxy) is 1. The van der Waals surface area contributed by atoms with E-state index >= 15 is 0 Å². The molecule has 0 aromatic rings. The molecule has 0 bridgehead atoms. The number of hydrogen-bond donors (Lipinski definition) is 2. The molecule has 1 aliphatic carbocycles. The van der Waals surface area contributed by atoms with Crippen LogP contribution >= 0.6 is 0 Å². The molecule has 4 nitrogen and oxygen atoms in total. The Morgan fingerprint density at radius 1 is 1.43 bits per heavy atom.